The first-order valence-corrected chi connectivity index (χ1v) is 5.83. The molecule has 1 saturated heterocycles. The number of carbonyl (C=O) groups excluding carboxylic acids is 2. The summed E-state index contributed by atoms with van der Waals surface area (Å²) in [5.41, 5.74) is 0. The van der Waals surface area contributed by atoms with E-state index in [1.165, 1.54) is 0 Å². The van der Waals surface area contributed by atoms with Gasteiger partial charge in [-0.3, -0.25) is 9.59 Å². The van der Waals surface area contributed by atoms with Crippen molar-refractivity contribution in [1.29, 1.82) is 0 Å². The van der Waals surface area contributed by atoms with Crippen LogP contribution in [0.15, 0.2) is 0 Å². The molecule has 0 aromatic carbocycles. The van der Waals surface area contributed by atoms with Crippen LogP contribution in [0.4, 0.5) is 0 Å². The largest absolute Gasteiger partial charge is 0.285 e. The summed E-state index contributed by atoms with van der Waals surface area (Å²) in [5, 5.41) is 0.324. The number of rotatable bonds is 2. The average Bonchev–Trinajstić information content (AvgIpc) is 2.20. The fraction of sp³-hybridized carbons (Fsp3) is 0.714. The second-order valence-electron chi connectivity index (χ2n) is 3.33. The molecule has 1 aliphatic heterocycles. The first-order chi connectivity index (χ1) is 6.24. The van der Waals surface area contributed by atoms with Crippen LogP contribution in [0.2, 0.25) is 0 Å². The number of hydroxylamine groups is 2. The summed E-state index contributed by atoms with van der Waals surface area (Å²) in [6, 6.07) is 0. The molecular formula is C7H11NO5S. The van der Waals surface area contributed by atoms with Gasteiger partial charge in [-0.25, -0.2) is 0 Å². The van der Waals surface area contributed by atoms with Gasteiger partial charge in [0.05, 0.1) is 6.26 Å². The van der Waals surface area contributed by atoms with Crippen molar-refractivity contribution in [2.45, 2.75) is 13.8 Å². The van der Waals surface area contributed by atoms with E-state index in [0.29, 0.717) is 5.06 Å². The van der Waals surface area contributed by atoms with Crippen LogP contribution in [0.25, 0.3) is 0 Å². The summed E-state index contributed by atoms with van der Waals surface area (Å²) in [7, 11) is -3.84. The monoisotopic (exact) mass is 221 g/mol. The Morgan fingerprint density at radius 2 is 1.50 bits per heavy atom. The number of amides is 2. The summed E-state index contributed by atoms with van der Waals surface area (Å²) < 4.78 is 25.7. The quantitative estimate of drug-likeness (QED) is 0.588. The van der Waals surface area contributed by atoms with Crippen LogP contribution >= 0.6 is 0 Å². The molecule has 1 fully saturated rings. The van der Waals surface area contributed by atoms with E-state index in [-0.39, 0.29) is 0 Å². The van der Waals surface area contributed by atoms with Crippen molar-refractivity contribution in [1.82, 2.24) is 5.06 Å². The lowest BCUT2D eigenvalue weighted by Gasteiger charge is -2.10. The molecule has 0 bridgehead atoms. The molecule has 0 radical (unpaired) electrons. The van der Waals surface area contributed by atoms with E-state index >= 15 is 0 Å². The SMILES string of the molecule is CC1C(=O)N(OS(C)(=O)=O)C(=O)C1C. The van der Waals surface area contributed by atoms with E-state index in [1.54, 1.807) is 13.8 Å². The molecule has 1 aliphatic rings. The van der Waals surface area contributed by atoms with E-state index in [2.05, 4.69) is 4.28 Å². The zero-order valence-corrected chi connectivity index (χ0v) is 8.87. The minimum absolute atomic E-state index is 0.324. The second kappa shape index (κ2) is 3.32. The second-order valence-corrected chi connectivity index (χ2v) is 4.88. The molecule has 0 aromatic heterocycles. The van der Waals surface area contributed by atoms with Crippen molar-refractivity contribution in [3.05, 3.63) is 0 Å². The Labute approximate surface area is 81.9 Å². The molecule has 0 saturated carbocycles. The van der Waals surface area contributed by atoms with E-state index in [1.807, 2.05) is 0 Å². The predicted molar refractivity (Wildman–Crippen MR) is 46.1 cm³/mol. The molecule has 80 valence electrons. The van der Waals surface area contributed by atoms with Crippen LogP contribution in [0.5, 0.6) is 0 Å². The lowest BCUT2D eigenvalue weighted by atomic mass is 10.00. The summed E-state index contributed by atoms with van der Waals surface area (Å²) >= 11 is 0. The Balaban J connectivity index is 2.92. The van der Waals surface area contributed by atoms with Gasteiger partial charge in [-0.15, -0.1) is 9.35 Å². The molecule has 1 heterocycles. The summed E-state index contributed by atoms with van der Waals surface area (Å²) in [6.45, 7) is 3.10. The zero-order chi connectivity index (χ0) is 11.1. The van der Waals surface area contributed by atoms with Crippen molar-refractivity contribution >= 4 is 21.9 Å². The molecule has 1 rings (SSSR count). The van der Waals surface area contributed by atoms with E-state index in [9.17, 15) is 18.0 Å². The molecule has 7 heteroatoms. The van der Waals surface area contributed by atoms with E-state index < -0.39 is 33.8 Å². The minimum atomic E-state index is -3.84. The molecule has 0 N–H and O–H groups in total. The number of nitrogens with zero attached hydrogens (tertiary/aromatic N) is 1. The zero-order valence-electron chi connectivity index (χ0n) is 8.05. The topological polar surface area (TPSA) is 80.8 Å². The maximum Gasteiger partial charge on any atom is 0.285 e. The summed E-state index contributed by atoms with van der Waals surface area (Å²) in [4.78, 5) is 22.6. The highest BCUT2D eigenvalue weighted by Gasteiger charge is 2.45. The van der Waals surface area contributed by atoms with Crippen molar-refractivity contribution in [2.75, 3.05) is 6.26 Å². The van der Waals surface area contributed by atoms with Gasteiger partial charge in [-0.1, -0.05) is 13.8 Å². The fourth-order valence-electron chi connectivity index (χ4n) is 1.12. The van der Waals surface area contributed by atoms with E-state index in [4.69, 9.17) is 0 Å². The molecule has 2 amide bonds. The Hall–Kier alpha value is -0.950. The van der Waals surface area contributed by atoms with Crippen LogP contribution in [-0.2, 0) is 24.0 Å². The molecule has 14 heavy (non-hydrogen) atoms. The first kappa shape index (κ1) is 11.1. The van der Waals surface area contributed by atoms with Gasteiger partial charge in [-0.05, 0) is 0 Å². The Bertz CT molecular complexity index is 354. The maximum atomic E-state index is 11.3. The van der Waals surface area contributed by atoms with Gasteiger partial charge < -0.3 is 0 Å². The summed E-state index contributed by atoms with van der Waals surface area (Å²) in [5.74, 6) is -2.31. The van der Waals surface area contributed by atoms with Gasteiger partial charge in [0.2, 0.25) is 0 Å². The van der Waals surface area contributed by atoms with Crippen molar-refractivity contribution in [2.24, 2.45) is 11.8 Å². The number of hydrogen-bond donors (Lipinski definition) is 0. The van der Waals surface area contributed by atoms with Gasteiger partial charge in [0.15, 0.2) is 0 Å². The Morgan fingerprint density at radius 1 is 1.14 bits per heavy atom. The van der Waals surface area contributed by atoms with E-state index in [0.717, 1.165) is 6.26 Å². The fourth-order valence-corrected chi connectivity index (χ4v) is 1.53. The molecule has 2 atom stereocenters. The maximum absolute atomic E-state index is 11.3. The molecule has 0 aliphatic carbocycles. The van der Waals surface area contributed by atoms with Gasteiger partial charge in [0, 0.05) is 11.8 Å². The third-order valence-electron chi connectivity index (χ3n) is 2.14. The highest BCUT2D eigenvalue weighted by Crippen LogP contribution is 2.25. The molecule has 0 spiro atoms. The van der Waals surface area contributed by atoms with Crippen molar-refractivity contribution in [3.8, 4) is 0 Å². The van der Waals surface area contributed by atoms with Crippen molar-refractivity contribution < 1.29 is 22.3 Å². The van der Waals surface area contributed by atoms with Gasteiger partial charge >= 0.3 is 0 Å². The standard InChI is InChI=1S/C7H11NO5S/c1-4-5(2)7(10)8(6(4)9)13-14(3,11)12/h4-5H,1-3H3. The highest BCUT2D eigenvalue weighted by molar-refractivity contribution is 7.85. The van der Waals surface area contributed by atoms with Gasteiger partial charge in [0.1, 0.15) is 0 Å². The lowest BCUT2D eigenvalue weighted by molar-refractivity contribution is -0.165. The van der Waals surface area contributed by atoms with Gasteiger partial charge in [0.25, 0.3) is 21.9 Å². The predicted octanol–water partition coefficient (Wildman–Crippen LogP) is -0.481. The number of imide groups is 1. The van der Waals surface area contributed by atoms with Crippen LogP contribution in [0.1, 0.15) is 13.8 Å². The van der Waals surface area contributed by atoms with Crippen LogP contribution < -0.4 is 0 Å². The van der Waals surface area contributed by atoms with Gasteiger partial charge in [-0.2, -0.15) is 8.42 Å². The van der Waals surface area contributed by atoms with Crippen LogP contribution in [-0.4, -0.2) is 31.6 Å². The molecule has 6 nitrogen and oxygen atoms in total. The third kappa shape index (κ3) is 1.93. The normalized spacial score (nSPS) is 28.6. The van der Waals surface area contributed by atoms with Crippen LogP contribution in [0.3, 0.4) is 0 Å². The molecule has 2 unspecified atom stereocenters. The minimum Gasteiger partial charge on any atom is -0.272 e. The number of carbonyl (C=O) groups is 2. The third-order valence-corrected chi connectivity index (χ3v) is 2.56. The Kier molecular flexibility index (Phi) is 2.64. The number of hydrogen-bond acceptors (Lipinski definition) is 5. The summed E-state index contributed by atoms with van der Waals surface area (Å²) in [6.07, 6.45) is 0.779. The molecular weight excluding hydrogens is 210 g/mol. The highest BCUT2D eigenvalue weighted by atomic mass is 32.2. The molecule has 0 aromatic rings. The van der Waals surface area contributed by atoms with Crippen LogP contribution in [0, 0.1) is 11.8 Å². The average molecular weight is 221 g/mol. The lowest BCUT2D eigenvalue weighted by Crippen LogP contribution is -2.33. The smallest absolute Gasteiger partial charge is 0.272 e. The first-order valence-electron chi connectivity index (χ1n) is 4.01. The Morgan fingerprint density at radius 3 is 1.79 bits per heavy atom. The van der Waals surface area contributed by atoms with Crippen molar-refractivity contribution in [3.63, 3.8) is 0 Å².